The Balaban J connectivity index is 1.76. The molecule has 40 heavy (non-hydrogen) atoms. The van der Waals surface area contributed by atoms with E-state index in [9.17, 15) is 24.3 Å². The van der Waals surface area contributed by atoms with Crippen molar-refractivity contribution < 1.29 is 24.3 Å². The van der Waals surface area contributed by atoms with Crippen LogP contribution in [0.1, 0.15) is 48.6 Å². The van der Waals surface area contributed by atoms with Gasteiger partial charge in [0.25, 0.3) is 5.91 Å². The molecule has 3 aromatic rings. The number of nitrogens with one attached hydrogen (secondary N) is 1. The van der Waals surface area contributed by atoms with Gasteiger partial charge in [0, 0.05) is 19.0 Å². The molecular formula is C30H31N5O5. The summed E-state index contributed by atoms with van der Waals surface area (Å²) >= 11 is 0. The highest BCUT2D eigenvalue weighted by Crippen LogP contribution is 2.39. The summed E-state index contributed by atoms with van der Waals surface area (Å²) in [6, 6.07) is 22.9. The summed E-state index contributed by atoms with van der Waals surface area (Å²) in [6.07, 6.45) is -0.405. The van der Waals surface area contributed by atoms with Gasteiger partial charge < -0.3 is 20.6 Å². The molecule has 10 heteroatoms. The molecule has 4 rings (SSSR count). The lowest BCUT2D eigenvalue weighted by Crippen LogP contribution is -2.47. The molecule has 0 saturated carbocycles. The number of urea groups is 1. The monoisotopic (exact) mass is 541 g/mol. The van der Waals surface area contributed by atoms with E-state index in [0.717, 1.165) is 10.5 Å². The van der Waals surface area contributed by atoms with Crippen molar-refractivity contribution in [1.82, 2.24) is 14.7 Å². The van der Waals surface area contributed by atoms with E-state index in [1.807, 2.05) is 30.3 Å². The number of aliphatic carboxylic acids is 1. The summed E-state index contributed by atoms with van der Waals surface area (Å²) in [5.41, 5.74) is 6.51. The first-order chi connectivity index (χ1) is 19.0. The van der Waals surface area contributed by atoms with Gasteiger partial charge >= 0.3 is 12.0 Å². The minimum atomic E-state index is -1.44. The minimum absolute atomic E-state index is 0.115. The molecule has 1 aliphatic heterocycles. The number of carbonyl (C=O) groups is 4. The van der Waals surface area contributed by atoms with Crippen LogP contribution < -0.4 is 5.73 Å². The van der Waals surface area contributed by atoms with E-state index in [0.29, 0.717) is 16.7 Å². The summed E-state index contributed by atoms with van der Waals surface area (Å²) in [5, 5.41) is 17.3. The molecule has 2 atom stereocenters. The number of imide groups is 1. The SMILES string of the molecule is CC(=O)N(CN1C(=O)N(Cc2ccccc2)C(C)(c2ccc(C(=N)N)cc2)C1=O)C(CC(=O)O)c1ccccc1. The Morgan fingerprint density at radius 1 is 0.975 bits per heavy atom. The van der Waals surface area contributed by atoms with E-state index in [1.165, 1.54) is 16.7 Å². The summed E-state index contributed by atoms with van der Waals surface area (Å²) in [5.74, 6) is -2.29. The van der Waals surface area contributed by atoms with Crippen LogP contribution in [0.15, 0.2) is 84.9 Å². The number of carboxylic acids is 1. The van der Waals surface area contributed by atoms with Gasteiger partial charge in [0.05, 0.1) is 12.5 Å². The molecular weight excluding hydrogens is 510 g/mol. The lowest BCUT2D eigenvalue weighted by Gasteiger charge is -2.33. The van der Waals surface area contributed by atoms with Crippen LogP contribution in [0.5, 0.6) is 0 Å². The second kappa shape index (κ2) is 11.4. The van der Waals surface area contributed by atoms with Gasteiger partial charge in [-0.15, -0.1) is 0 Å². The zero-order valence-electron chi connectivity index (χ0n) is 22.3. The van der Waals surface area contributed by atoms with Gasteiger partial charge in [0.1, 0.15) is 18.0 Å². The average Bonchev–Trinajstić information content (AvgIpc) is 3.12. The van der Waals surface area contributed by atoms with Crippen molar-refractivity contribution in [2.24, 2.45) is 5.73 Å². The van der Waals surface area contributed by atoms with Gasteiger partial charge in [-0.3, -0.25) is 19.8 Å². The van der Waals surface area contributed by atoms with E-state index in [4.69, 9.17) is 11.1 Å². The second-order valence-corrected chi connectivity index (χ2v) is 9.81. The highest BCUT2D eigenvalue weighted by molar-refractivity contribution is 6.07. The van der Waals surface area contributed by atoms with Gasteiger partial charge in [0.2, 0.25) is 5.91 Å². The number of carbonyl (C=O) groups excluding carboxylic acids is 3. The number of amides is 4. The standard InChI is InChI=1S/C30H31N5O5/c1-20(36)33(25(17-26(37)38)22-11-7-4-8-12-22)19-34-28(39)30(2,24-15-13-23(14-16-24)27(31)32)35(29(34)40)18-21-9-5-3-6-10-21/h3-16,25H,17-19H2,1-2H3,(H3,31,32)(H,37,38). The zero-order chi connectivity index (χ0) is 29.0. The van der Waals surface area contributed by atoms with Crippen molar-refractivity contribution in [2.75, 3.05) is 6.67 Å². The zero-order valence-corrected chi connectivity index (χ0v) is 22.3. The van der Waals surface area contributed by atoms with Crippen molar-refractivity contribution in [3.63, 3.8) is 0 Å². The molecule has 1 fully saturated rings. The average molecular weight is 542 g/mol. The molecule has 0 aromatic heterocycles. The molecule has 2 unspecified atom stereocenters. The Bertz CT molecular complexity index is 1430. The number of benzene rings is 3. The topological polar surface area (TPSA) is 148 Å². The highest BCUT2D eigenvalue weighted by Gasteiger charge is 2.56. The van der Waals surface area contributed by atoms with Gasteiger partial charge in [-0.1, -0.05) is 84.9 Å². The normalized spacial score (nSPS) is 17.6. The molecule has 1 aliphatic rings. The van der Waals surface area contributed by atoms with Gasteiger partial charge in [-0.05, 0) is 23.6 Å². The maximum atomic E-state index is 14.1. The predicted octanol–water partition coefficient (Wildman–Crippen LogP) is 3.67. The largest absolute Gasteiger partial charge is 0.481 e. The summed E-state index contributed by atoms with van der Waals surface area (Å²) in [4.78, 5) is 56.4. The fraction of sp³-hybridized carbons (Fsp3) is 0.233. The van der Waals surface area contributed by atoms with E-state index in [-0.39, 0.29) is 12.4 Å². The Labute approximate surface area is 232 Å². The third-order valence-corrected chi connectivity index (χ3v) is 7.23. The molecule has 1 heterocycles. The summed E-state index contributed by atoms with van der Waals surface area (Å²) < 4.78 is 0. The van der Waals surface area contributed by atoms with Crippen LogP contribution in [0, 0.1) is 5.41 Å². The van der Waals surface area contributed by atoms with Crippen molar-refractivity contribution in [1.29, 1.82) is 5.41 Å². The van der Waals surface area contributed by atoms with Crippen LogP contribution in [0.2, 0.25) is 0 Å². The van der Waals surface area contributed by atoms with Crippen LogP contribution in [-0.4, -0.2) is 56.1 Å². The Morgan fingerprint density at radius 2 is 1.55 bits per heavy atom. The van der Waals surface area contributed by atoms with Crippen molar-refractivity contribution in [2.45, 2.75) is 38.4 Å². The first kappa shape index (κ1) is 28.0. The van der Waals surface area contributed by atoms with Crippen LogP contribution in [0.4, 0.5) is 4.79 Å². The van der Waals surface area contributed by atoms with Gasteiger partial charge in [0.15, 0.2) is 0 Å². The molecule has 0 radical (unpaired) electrons. The fourth-order valence-corrected chi connectivity index (χ4v) is 4.99. The molecule has 10 nitrogen and oxygen atoms in total. The molecule has 0 bridgehead atoms. The molecule has 4 amide bonds. The number of nitrogens with zero attached hydrogens (tertiary/aromatic N) is 3. The maximum absolute atomic E-state index is 14.1. The van der Waals surface area contributed by atoms with Gasteiger partial charge in [-0.2, -0.15) is 0 Å². The van der Waals surface area contributed by atoms with Crippen molar-refractivity contribution >= 4 is 29.7 Å². The Morgan fingerprint density at radius 3 is 2.08 bits per heavy atom. The molecule has 0 aliphatic carbocycles. The smallest absolute Gasteiger partial charge is 0.329 e. The highest BCUT2D eigenvalue weighted by atomic mass is 16.4. The predicted molar refractivity (Wildman–Crippen MR) is 148 cm³/mol. The third kappa shape index (κ3) is 5.42. The quantitative estimate of drug-likeness (QED) is 0.203. The Hall–Kier alpha value is -4.99. The minimum Gasteiger partial charge on any atom is -0.481 e. The van der Waals surface area contributed by atoms with E-state index >= 15 is 0 Å². The Kier molecular flexibility index (Phi) is 7.99. The van der Waals surface area contributed by atoms with Crippen molar-refractivity contribution in [3.8, 4) is 0 Å². The number of nitrogen functional groups attached to an aromatic ring is 1. The fourth-order valence-electron chi connectivity index (χ4n) is 4.99. The number of nitrogens with two attached hydrogens (primary N) is 1. The maximum Gasteiger partial charge on any atom is 0.329 e. The lowest BCUT2D eigenvalue weighted by molar-refractivity contribution is -0.142. The van der Waals surface area contributed by atoms with E-state index < -0.39 is 48.5 Å². The second-order valence-electron chi connectivity index (χ2n) is 9.81. The number of hydrogen-bond donors (Lipinski definition) is 3. The molecule has 206 valence electrons. The first-order valence-corrected chi connectivity index (χ1v) is 12.7. The van der Waals surface area contributed by atoms with E-state index in [1.54, 1.807) is 61.5 Å². The lowest BCUT2D eigenvalue weighted by atomic mass is 9.89. The van der Waals surface area contributed by atoms with Crippen LogP contribution in [-0.2, 0) is 26.5 Å². The van der Waals surface area contributed by atoms with Crippen LogP contribution in [0.3, 0.4) is 0 Å². The summed E-state index contributed by atoms with van der Waals surface area (Å²) in [6.45, 7) is 2.61. The molecule has 3 aromatic carbocycles. The number of carboxylic acid groups (broad SMARTS) is 1. The third-order valence-electron chi connectivity index (χ3n) is 7.23. The molecule has 0 spiro atoms. The van der Waals surface area contributed by atoms with Crippen LogP contribution in [0.25, 0.3) is 0 Å². The number of hydrogen-bond acceptors (Lipinski definition) is 5. The first-order valence-electron chi connectivity index (χ1n) is 12.7. The van der Waals surface area contributed by atoms with Gasteiger partial charge in [-0.25, -0.2) is 9.69 Å². The number of amidine groups is 1. The molecule has 4 N–H and O–H groups in total. The van der Waals surface area contributed by atoms with E-state index in [2.05, 4.69) is 0 Å². The van der Waals surface area contributed by atoms with Crippen molar-refractivity contribution in [3.05, 3.63) is 107 Å². The number of rotatable bonds is 10. The van der Waals surface area contributed by atoms with Crippen LogP contribution >= 0.6 is 0 Å². The summed E-state index contributed by atoms with van der Waals surface area (Å²) in [7, 11) is 0. The molecule has 1 saturated heterocycles.